The normalized spacial score (nSPS) is 33.3. The molecule has 1 amide bonds. The summed E-state index contributed by atoms with van der Waals surface area (Å²) in [6.45, 7) is 1.26. The SMILES string of the molecule is CC(=O)NC1C(O)CSC1(O)O. The zero-order valence-electron chi connectivity index (χ0n) is 6.52. The third-order valence-corrected chi connectivity index (χ3v) is 2.80. The van der Waals surface area contributed by atoms with E-state index in [9.17, 15) is 20.1 Å². The van der Waals surface area contributed by atoms with Gasteiger partial charge in [-0.2, -0.15) is 0 Å². The van der Waals surface area contributed by atoms with Crippen molar-refractivity contribution in [2.75, 3.05) is 5.75 Å². The number of thioether (sulfide) groups is 1. The zero-order valence-corrected chi connectivity index (χ0v) is 7.34. The number of rotatable bonds is 1. The van der Waals surface area contributed by atoms with Crippen molar-refractivity contribution in [3.63, 3.8) is 0 Å². The Kier molecular flexibility index (Phi) is 2.62. The highest BCUT2D eigenvalue weighted by atomic mass is 32.2. The van der Waals surface area contributed by atoms with Gasteiger partial charge in [0.25, 0.3) is 0 Å². The van der Waals surface area contributed by atoms with Crippen molar-refractivity contribution in [3.8, 4) is 0 Å². The first-order chi connectivity index (χ1) is 5.43. The molecule has 0 bridgehead atoms. The molecule has 0 radical (unpaired) electrons. The number of hydrogen-bond donors (Lipinski definition) is 4. The molecule has 6 heteroatoms. The van der Waals surface area contributed by atoms with Gasteiger partial charge in [0.05, 0.1) is 6.10 Å². The lowest BCUT2D eigenvalue weighted by atomic mass is 10.2. The van der Waals surface area contributed by atoms with Crippen LogP contribution in [0.1, 0.15) is 6.92 Å². The molecule has 0 aromatic heterocycles. The Morgan fingerprint density at radius 1 is 1.67 bits per heavy atom. The van der Waals surface area contributed by atoms with E-state index in [1.807, 2.05) is 0 Å². The van der Waals surface area contributed by atoms with Gasteiger partial charge >= 0.3 is 0 Å². The third-order valence-electron chi connectivity index (χ3n) is 1.62. The summed E-state index contributed by atoms with van der Waals surface area (Å²) < 4.78 is 0. The van der Waals surface area contributed by atoms with Crippen LogP contribution in [0.2, 0.25) is 0 Å². The Morgan fingerprint density at radius 3 is 2.58 bits per heavy atom. The number of aliphatic hydroxyl groups excluding tert-OH is 1. The van der Waals surface area contributed by atoms with Crippen LogP contribution in [0.3, 0.4) is 0 Å². The second kappa shape index (κ2) is 3.21. The molecule has 1 rings (SSSR count). The van der Waals surface area contributed by atoms with Gasteiger partial charge in [0.2, 0.25) is 11.0 Å². The first-order valence-corrected chi connectivity index (χ1v) is 4.46. The summed E-state index contributed by atoms with van der Waals surface area (Å²) in [5.74, 6) is -0.188. The number of carbonyl (C=O) groups excluding carboxylic acids is 1. The fourth-order valence-corrected chi connectivity index (χ4v) is 2.06. The van der Waals surface area contributed by atoms with Crippen LogP contribution in [0.15, 0.2) is 0 Å². The molecule has 0 aromatic rings. The quantitative estimate of drug-likeness (QED) is 0.370. The molecular weight excluding hydrogens is 182 g/mol. The molecule has 0 aromatic carbocycles. The molecular formula is C6H11NO4S. The maximum absolute atomic E-state index is 10.6. The van der Waals surface area contributed by atoms with E-state index < -0.39 is 23.2 Å². The highest BCUT2D eigenvalue weighted by Crippen LogP contribution is 2.33. The van der Waals surface area contributed by atoms with Crippen LogP contribution in [0.4, 0.5) is 0 Å². The number of carbonyl (C=O) groups is 1. The molecule has 12 heavy (non-hydrogen) atoms. The first-order valence-electron chi connectivity index (χ1n) is 3.47. The Bertz CT molecular complexity index is 196. The second-order valence-electron chi connectivity index (χ2n) is 2.72. The predicted molar refractivity (Wildman–Crippen MR) is 43.2 cm³/mol. The Balaban J connectivity index is 2.65. The first kappa shape index (κ1) is 9.79. The lowest BCUT2D eigenvalue weighted by Gasteiger charge is -2.24. The van der Waals surface area contributed by atoms with E-state index in [-0.39, 0.29) is 5.75 Å². The summed E-state index contributed by atoms with van der Waals surface area (Å²) in [5.41, 5.74) is 0. The molecule has 0 aliphatic carbocycles. The van der Waals surface area contributed by atoms with Crippen LogP contribution in [-0.4, -0.2) is 44.2 Å². The molecule has 1 saturated heterocycles. The van der Waals surface area contributed by atoms with Gasteiger partial charge in [0.15, 0.2) is 0 Å². The molecule has 2 atom stereocenters. The maximum Gasteiger partial charge on any atom is 0.237 e. The monoisotopic (exact) mass is 193 g/mol. The predicted octanol–water partition coefficient (Wildman–Crippen LogP) is -1.76. The molecule has 1 heterocycles. The van der Waals surface area contributed by atoms with Crippen LogP contribution in [0, 0.1) is 0 Å². The van der Waals surface area contributed by atoms with Crippen molar-refractivity contribution < 1.29 is 20.1 Å². The summed E-state index contributed by atoms with van der Waals surface area (Å²) in [6, 6.07) is -1.00. The number of hydrogen-bond acceptors (Lipinski definition) is 5. The maximum atomic E-state index is 10.6. The highest BCUT2D eigenvalue weighted by molar-refractivity contribution is 8.00. The molecule has 5 nitrogen and oxygen atoms in total. The molecule has 4 N–H and O–H groups in total. The van der Waals surface area contributed by atoms with Crippen LogP contribution < -0.4 is 5.32 Å². The summed E-state index contributed by atoms with van der Waals surface area (Å²) in [4.78, 5) is 10.6. The zero-order chi connectivity index (χ0) is 9.35. The fourth-order valence-electron chi connectivity index (χ4n) is 1.05. The van der Waals surface area contributed by atoms with Gasteiger partial charge in [-0.25, -0.2) is 0 Å². The van der Waals surface area contributed by atoms with E-state index in [1.165, 1.54) is 6.92 Å². The second-order valence-corrected chi connectivity index (χ2v) is 3.94. The van der Waals surface area contributed by atoms with Gasteiger partial charge in [-0.3, -0.25) is 4.79 Å². The van der Waals surface area contributed by atoms with Gasteiger partial charge < -0.3 is 20.6 Å². The van der Waals surface area contributed by atoms with E-state index in [0.29, 0.717) is 0 Å². The van der Waals surface area contributed by atoms with Crippen LogP contribution in [0.5, 0.6) is 0 Å². The number of aliphatic hydroxyl groups is 3. The van der Waals surface area contributed by atoms with Crippen molar-refractivity contribution in [2.45, 2.75) is 24.2 Å². The average molecular weight is 193 g/mol. The molecule has 1 aliphatic heterocycles. The third kappa shape index (κ3) is 1.89. The van der Waals surface area contributed by atoms with Crippen molar-refractivity contribution in [2.24, 2.45) is 0 Å². The number of nitrogens with one attached hydrogen (secondary N) is 1. The van der Waals surface area contributed by atoms with Gasteiger partial charge in [0.1, 0.15) is 6.04 Å². The standard InChI is InChI=1S/C6H11NO4S/c1-3(8)7-5-4(9)2-12-6(5,10)11/h4-5,9-11H,2H2,1H3,(H,7,8). The van der Waals surface area contributed by atoms with Gasteiger partial charge in [0, 0.05) is 12.7 Å². The van der Waals surface area contributed by atoms with Crippen molar-refractivity contribution >= 4 is 17.7 Å². The van der Waals surface area contributed by atoms with Gasteiger partial charge in [-0.05, 0) is 0 Å². The lowest BCUT2D eigenvalue weighted by Crippen LogP contribution is -2.52. The van der Waals surface area contributed by atoms with Gasteiger partial charge in [-0.15, -0.1) is 0 Å². The topological polar surface area (TPSA) is 89.8 Å². The molecule has 2 unspecified atom stereocenters. The number of amides is 1. The Hall–Kier alpha value is -0.300. The van der Waals surface area contributed by atoms with E-state index >= 15 is 0 Å². The van der Waals surface area contributed by atoms with E-state index in [0.717, 1.165) is 11.8 Å². The average Bonchev–Trinajstić information content (AvgIpc) is 2.15. The van der Waals surface area contributed by atoms with Crippen molar-refractivity contribution in [1.82, 2.24) is 5.32 Å². The van der Waals surface area contributed by atoms with Crippen LogP contribution in [-0.2, 0) is 4.79 Å². The molecule has 1 aliphatic rings. The van der Waals surface area contributed by atoms with E-state index in [2.05, 4.69) is 5.32 Å². The summed E-state index contributed by atoms with van der Waals surface area (Å²) in [5, 5.41) is 27.9. The fraction of sp³-hybridized carbons (Fsp3) is 0.833. The Labute approximate surface area is 73.8 Å². The summed E-state index contributed by atoms with van der Waals surface area (Å²) >= 11 is 0.804. The molecule has 1 fully saturated rings. The minimum atomic E-state index is -2.05. The lowest BCUT2D eigenvalue weighted by molar-refractivity contribution is -0.135. The smallest absolute Gasteiger partial charge is 0.237 e. The van der Waals surface area contributed by atoms with Gasteiger partial charge in [-0.1, -0.05) is 11.8 Å². The van der Waals surface area contributed by atoms with Crippen LogP contribution >= 0.6 is 11.8 Å². The Morgan fingerprint density at radius 2 is 2.25 bits per heavy atom. The van der Waals surface area contributed by atoms with E-state index in [1.54, 1.807) is 0 Å². The molecule has 0 saturated carbocycles. The van der Waals surface area contributed by atoms with Crippen LogP contribution in [0.25, 0.3) is 0 Å². The minimum absolute atomic E-state index is 0.206. The van der Waals surface area contributed by atoms with E-state index in [4.69, 9.17) is 0 Å². The largest absolute Gasteiger partial charge is 0.390 e. The highest BCUT2D eigenvalue weighted by Gasteiger charge is 2.47. The van der Waals surface area contributed by atoms with Crippen molar-refractivity contribution in [1.29, 1.82) is 0 Å². The summed E-state index contributed by atoms with van der Waals surface area (Å²) in [7, 11) is 0. The molecule has 0 spiro atoms. The van der Waals surface area contributed by atoms with Crippen molar-refractivity contribution in [3.05, 3.63) is 0 Å². The summed E-state index contributed by atoms with van der Waals surface area (Å²) in [6.07, 6.45) is -0.908. The molecule has 70 valence electrons. The minimum Gasteiger partial charge on any atom is -0.390 e.